The summed E-state index contributed by atoms with van der Waals surface area (Å²) in [6.45, 7) is -0.129. The molecule has 0 amide bonds. The summed E-state index contributed by atoms with van der Waals surface area (Å²) in [6, 6.07) is 0. The Labute approximate surface area is 93.0 Å². The third-order valence-corrected chi connectivity index (χ3v) is 3.14. The van der Waals surface area contributed by atoms with Crippen LogP contribution in [0.4, 0.5) is 0 Å². The molecule has 2 rings (SSSR count). The van der Waals surface area contributed by atoms with Gasteiger partial charge in [-0.25, -0.2) is 4.79 Å². The van der Waals surface area contributed by atoms with Crippen molar-refractivity contribution in [1.82, 2.24) is 0 Å². The molecule has 0 unspecified atom stereocenters. The lowest BCUT2D eigenvalue weighted by atomic mass is 9.83. The van der Waals surface area contributed by atoms with Crippen LogP contribution in [0.1, 0.15) is 6.42 Å². The molecule has 0 aromatic carbocycles. The number of methoxy groups -OCH3 is 1. The van der Waals surface area contributed by atoms with Crippen molar-refractivity contribution >= 4 is 5.97 Å². The number of fused-ring (bicyclic) bond motifs is 1. The first-order valence-corrected chi connectivity index (χ1v) is 5.10. The maximum Gasteiger partial charge on any atom is 0.337 e. The number of ether oxygens (including phenoxy) is 2. The van der Waals surface area contributed by atoms with Crippen molar-refractivity contribution in [2.24, 2.45) is 11.8 Å². The van der Waals surface area contributed by atoms with Crippen molar-refractivity contribution in [1.29, 1.82) is 0 Å². The van der Waals surface area contributed by atoms with Crippen LogP contribution >= 0.6 is 0 Å². The highest BCUT2D eigenvalue weighted by Gasteiger charge is 2.43. The predicted molar refractivity (Wildman–Crippen MR) is 54.0 cm³/mol. The maximum absolute atomic E-state index is 11.5. The lowest BCUT2D eigenvalue weighted by Crippen LogP contribution is -2.35. The number of allylic oxidation sites excluding steroid dienone is 1. The van der Waals surface area contributed by atoms with Gasteiger partial charge in [0.25, 0.3) is 0 Å². The summed E-state index contributed by atoms with van der Waals surface area (Å²) >= 11 is 0. The van der Waals surface area contributed by atoms with Crippen LogP contribution in [0.3, 0.4) is 0 Å². The Morgan fingerprint density at radius 3 is 3.06 bits per heavy atom. The number of hydrogen-bond donors (Lipinski definition) is 2. The van der Waals surface area contributed by atoms with E-state index in [-0.39, 0.29) is 18.4 Å². The quantitative estimate of drug-likeness (QED) is 0.510. The van der Waals surface area contributed by atoms with E-state index in [1.165, 1.54) is 13.4 Å². The Kier molecular flexibility index (Phi) is 2.98. The molecule has 16 heavy (non-hydrogen) atoms. The number of aliphatic hydroxyl groups is 2. The summed E-state index contributed by atoms with van der Waals surface area (Å²) in [4.78, 5) is 11.5. The molecule has 88 valence electrons. The topological polar surface area (TPSA) is 76.0 Å². The molecular weight excluding hydrogens is 212 g/mol. The van der Waals surface area contributed by atoms with Gasteiger partial charge in [0.1, 0.15) is 0 Å². The summed E-state index contributed by atoms with van der Waals surface area (Å²) in [5.74, 6) is -0.947. The van der Waals surface area contributed by atoms with Crippen LogP contribution in [0.25, 0.3) is 0 Å². The molecule has 5 heteroatoms. The average Bonchev–Trinajstić information content (AvgIpc) is 2.73. The molecule has 3 atom stereocenters. The van der Waals surface area contributed by atoms with Crippen LogP contribution < -0.4 is 0 Å². The molecule has 0 aromatic rings. The SMILES string of the molecule is COC(=O)C1=CO[C@H](O)[C@H]2C(CO)=CC[C@H]12. The summed E-state index contributed by atoms with van der Waals surface area (Å²) < 4.78 is 9.65. The fourth-order valence-corrected chi connectivity index (χ4v) is 2.32. The van der Waals surface area contributed by atoms with Gasteiger partial charge >= 0.3 is 5.97 Å². The van der Waals surface area contributed by atoms with Crippen molar-refractivity contribution in [3.05, 3.63) is 23.5 Å². The number of carbonyl (C=O) groups is 1. The van der Waals surface area contributed by atoms with Gasteiger partial charge in [-0.2, -0.15) is 0 Å². The fourth-order valence-electron chi connectivity index (χ4n) is 2.32. The Morgan fingerprint density at radius 1 is 1.69 bits per heavy atom. The minimum absolute atomic E-state index is 0.129. The van der Waals surface area contributed by atoms with E-state index < -0.39 is 12.3 Å². The third kappa shape index (κ3) is 1.62. The minimum atomic E-state index is -1.00. The van der Waals surface area contributed by atoms with Gasteiger partial charge < -0.3 is 19.7 Å². The summed E-state index contributed by atoms with van der Waals surface area (Å²) in [5.41, 5.74) is 1.13. The van der Waals surface area contributed by atoms with Crippen LogP contribution in [-0.4, -0.2) is 36.2 Å². The van der Waals surface area contributed by atoms with Crippen molar-refractivity contribution in [2.75, 3.05) is 13.7 Å². The van der Waals surface area contributed by atoms with E-state index in [1.807, 2.05) is 6.08 Å². The van der Waals surface area contributed by atoms with Gasteiger partial charge in [0.05, 0.1) is 31.5 Å². The van der Waals surface area contributed by atoms with Crippen molar-refractivity contribution in [3.8, 4) is 0 Å². The molecule has 0 aromatic heterocycles. The Hall–Kier alpha value is -1.33. The normalized spacial score (nSPS) is 32.3. The average molecular weight is 226 g/mol. The molecule has 0 radical (unpaired) electrons. The smallest absolute Gasteiger partial charge is 0.337 e. The van der Waals surface area contributed by atoms with Crippen LogP contribution in [0.5, 0.6) is 0 Å². The third-order valence-electron chi connectivity index (χ3n) is 3.14. The number of esters is 1. The highest BCUT2D eigenvalue weighted by atomic mass is 16.6. The fraction of sp³-hybridized carbons (Fsp3) is 0.545. The zero-order valence-corrected chi connectivity index (χ0v) is 8.92. The molecule has 0 saturated carbocycles. The number of carbonyl (C=O) groups excluding carboxylic acids is 1. The predicted octanol–water partition coefficient (Wildman–Crippen LogP) is -0.0533. The van der Waals surface area contributed by atoms with Gasteiger partial charge in [-0.1, -0.05) is 6.08 Å². The highest BCUT2D eigenvalue weighted by molar-refractivity contribution is 5.89. The zero-order chi connectivity index (χ0) is 11.7. The maximum atomic E-state index is 11.5. The van der Waals surface area contributed by atoms with Crippen molar-refractivity contribution < 1.29 is 24.5 Å². The van der Waals surface area contributed by atoms with Gasteiger partial charge in [0, 0.05) is 5.92 Å². The number of hydrogen-bond acceptors (Lipinski definition) is 5. The summed E-state index contributed by atoms with van der Waals surface area (Å²) in [5, 5.41) is 18.8. The molecule has 0 bridgehead atoms. The molecular formula is C11H14O5. The van der Waals surface area contributed by atoms with Crippen LogP contribution in [0, 0.1) is 11.8 Å². The number of aliphatic hydroxyl groups excluding tert-OH is 2. The van der Waals surface area contributed by atoms with Gasteiger partial charge in [0.2, 0.25) is 6.29 Å². The lowest BCUT2D eigenvalue weighted by Gasteiger charge is -2.31. The van der Waals surface area contributed by atoms with Crippen LogP contribution in [0.15, 0.2) is 23.5 Å². The Bertz CT molecular complexity index is 357. The van der Waals surface area contributed by atoms with E-state index in [0.717, 1.165) is 0 Å². The largest absolute Gasteiger partial charge is 0.472 e. The van der Waals surface area contributed by atoms with Gasteiger partial charge in [-0.3, -0.25) is 0 Å². The van der Waals surface area contributed by atoms with Crippen molar-refractivity contribution in [2.45, 2.75) is 12.7 Å². The Morgan fingerprint density at radius 2 is 2.44 bits per heavy atom. The molecule has 0 spiro atoms. The molecule has 1 aliphatic carbocycles. The molecule has 2 aliphatic rings. The summed E-state index contributed by atoms with van der Waals surface area (Å²) in [7, 11) is 1.30. The first kappa shape index (κ1) is 11.2. The van der Waals surface area contributed by atoms with E-state index >= 15 is 0 Å². The van der Waals surface area contributed by atoms with Crippen LogP contribution in [0.2, 0.25) is 0 Å². The first-order valence-electron chi connectivity index (χ1n) is 5.10. The van der Waals surface area contributed by atoms with Crippen LogP contribution in [-0.2, 0) is 14.3 Å². The van der Waals surface area contributed by atoms with Gasteiger partial charge in [0.15, 0.2) is 0 Å². The van der Waals surface area contributed by atoms with E-state index in [4.69, 9.17) is 9.84 Å². The molecule has 5 nitrogen and oxygen atoms in total. The second-order valence-electron chi connectivity index (χ2n) is 3.90. The molecule has 1 aliphatic heterocycles. The Balaban J connectivity index is 2.26. The van der Waals surface area contributed by atoms with Crippen molar-refractivity contribution in [3.63, 3.8) is 0 Å². The molecule has 2 N–H and O–H groups in total. The highest BCUT2D eigenvalue weighted by Crippen LogP contribution is 2.42. The molecule has 0 fully saturated rings. The van der Waals surface area contributed by atoms with E-state index in [0.29, 0.717) is 17.6 Å². The van der Waals surface area contributed by atoms with Gasteiger partial charge in [-0.05, 0) is 12.0 Å². The van der Waals surface area contributed by atoms with E-state index in [1.54, 1.807) is 0 Å². The van der Waals surface area contributed by atoms with E-state index in [2.05, 4.69) is 4.74 Å². The molecule has 1 heterocycles. The first-order chi connectivity index (χ1) is 7.69. The minimum Gasteiger partial charge on any atom is -0.472 e. The second kappa shape index (κ2) is 4.27. The molecule has 0 saturated heterocycles. The zero-order valence-electron chi connectivity index (χ0n) is 8.92. The number of rotatable bonds is 2. The van der Waals surface area contributed by atoms with Gasteiger partial charge in [-0.15, -0.1) is 0 Å². The monoisotopic (exact) mass is 226 g/mol. The standard InChI is InChI=1S/C11H14O5/c1-15-10(13)8-5-16-11(14)9-6(4-12)2-3-7(8)9/h2,5,7,9,11-12,14H,3-4H2,1H3/t7-,9+,11+/m1/s1. The van der Waals surface area contributed by atoms with E-state index in [9.17, 15) is 9.90 Å². The lowest BCUT2D eigenvalue weighted by molar-refractivity contribution is -0.141. The summed E-state index contributed by atoms with van der Waals surface area (Å²) in [6.07, 6.45) is 2.71. The second-order valence-corrected chi connectivity index (χ2v) is 3.90.